The van der Waals surface area contributed by atoms with E-state index < -0.39 is 0 Å². The maximum Gasteiger partial charge on any atom is 0.227 e. The first-order valence-electron chi connectivity index (χ1n) is 9.58. The van der Waals surface area contributed by atoms with Crippen LogP contribution in [0.1, 0.15) is 25.7 Å². The molecule has 1 aromatic heterocycles. The van der Waals surface area contributed by atoms with E-state index in [1.165, 1.54) is 12.8 Å². The summed E-state index contributed by atoms with van der Waals surface area (Å²) in [6.07, 6.45) is 5.21. The lowest BCUT2D eigenvalue weighted by Crippen LogP contribution is -2.52. The SMILES string of the molecule is O=C1CCC(C(=O)N2CCN(c3cc(N4CCCC4)ncn3)CC2)CN1. The summed E-state index contributed by atoms with van der Waals surface area (Å²) in [6.45, 7) is 5.57. The Morgan fingerprint density at radius 3 is 2.27 bits per heavy atom. The van der Waals surface area contributed by atoms with Gasteiger partial charge in [-0.3, -0.25) is 9.59 Å². The minimum Gasteiger partial charge on any atom is -0.356 e. The van der Waals surface area contributed by atoms with E-state index in [0.29, 0.717) is 32.5 Å². The number of piperazine rings is 1. The first-order valence-corrected chi connectivity index (χ1v) is 9.58. The van der Waals surface area contributed by atoms with E-state index in [1.54, 1.807) is 6.33 Å². The molecule has 4 rings (SSSR count). The molecule has 4 heterocycles. The second-order valence-electron chi connectivity index (χ2n) is 7.28. The highest BCUT2D eigenvalue weighted by molar-refractivity contribution is 5.84. The van der Waals surface area contributed by atoms with Crippen LogP contribution >= 0.6 is 0 Å². The van der Waals surface area contributed by atoms with E-state index in [0.717, 1.165) is 37.8 Å². The molecule has 140 valence electrons. The Balaban J connectivity index is 1.34. The number of hydrogen-bond donors (Lipinski definition) is 1. The molecule has 1 aromatic rings. The fourth-order valence-corrected chi connectivity index (χ4v) is 3.99. The monoisotopic (exact) mass is 358 g/mol. The zero-order valence-electron chi connectivity index (χ0n) is 15.1. The topological polar surface area (TPSA) is 81.7 Å². The average Bonchev–Trinajstić information content (AvgIpc) is 3.23. The maximum atomic E-state index is 12.7. The summed E-state index contributed by atoms with van der Waals surface area (Å²) in [5, 5.41) is 2.80. The highest BCUT2D eigenvalue weighted by atomic mass is 16.2. The van der Waals surface area contributed by atoms with Crippen LogP contribution in [0.5, 0.6) is 0 Å². The van der Waals surface area contributed by atoms with Gasteiger partial charge in [-0.1, -0.05) is 0 Å². The molecular formula is C18H26N6O2. The van der Waals surface area contributed by atoms with Gasteiger partial charge in [-0.05, 0) is 19.3 Å². The van der Waals surface area contributed by atoms with Gasteiger partial charge in [-0.2, -0.15) is 0 Å². The number of carbonyl (C=O) groups is 2. The summed E-state index contributed by atoms with van der Waals surface area (Å²) in [6, 6.07) is 2.07. The molecule has 0 saturated carbocycles. The minimum atomic E-state index is -0.0694. The standard InChI is InChI=1S/C18H26N6O2/c25-17-4-3-14(12-19-17)18(26)24-9-7-23(8-10-24)16-11-15(20-13-21-16)22-5-1-2-6-22/h11,13-14H,1-10,12H2,(H,19,25). The van der Waals surface area contributed by atoms with Crippen molar-refractivity contribution in [1.82, 2.24) is 20.2 Å². The largest absolute Gasteiger partial charge is 0.356 e. The number of hydrogen-bond acceptors (Lipinski definition) is 6. The first kappa shape index (κ1) is 17.1. The van der Waals surface area contributed by atoms with Crippen molar-refractivity contribution in [3.63, 3.8) is 0 Å². The molecule has 0 aromatic carbocycles. The first-order chi connectivity index (χ1) is 12.7. The van der Waals surface area contributed by atoms with E-state index >= 15 is 0 Å². The van der Waals surface area contributed by atoms with Crippen LogP contribution in [0.15, 0.2) is 12.4 Å². The zero-order chi connectivity index (χ0) is 17.9. The maximum absolute atomic E-state index is 12.7. The number of piperidine rings is 1. The van der Waals surface area contributed by atoms with Crippen molar-refractivity contribution >= 4 is 23.5 Å². The molecule has 0 aliphatic carbocycles. The van der Waals surface area contributed by atoms with Crippen molar-refractivity contribution in [2.75, 3.05) is 55.6 Å². The molecule has 3 aliphatic heterocycles. The molecule has 1 N–H and O–H groups in total. The van der Waals surface area contributed by atoms with E-state index in [2.05, 4.69) is 31.2 Å². The summed E-state index contributed by atoms with van der Waals surface area (Å²) in [5.74, 6) is 2.10. The predicted octanol–water partition coefficient (Wildman–Crippen LogP) is 0.252. The van der Waals surface area contributed by atoms with Crippen LogP contribution in [0, 0.1) is 5.92 Å². The van der Waals surface area contributed by atoms with Crippen LogP contribution in [0.4, 0.5) is 11.6 Å². The highest BCUT2D eigenvalue weighted by Gasteiger charge is 2.30. The van der Waals surface area contributed by atoms with Gasteiger partial charge in [-0.25, -0.2) is 9.97 Å². The lowest BCUT2D eigenvalue weighted by molar-refractivity contribution is -0.137. The molecule has 1 unspecified atom stereocenters. The molecule has 8 heteroatoms. The lowest BCUT2D eigenvalue weighted by Gasteiger charge is -2.37. The Hall–Kier alpha value is -2.38. The van der Waals surface area contributed by atoms with Crippen molar-refractivity contribution < 1.29 is 9.59 Å². The van der Waals surface area contributed by atoms with Crippen molar-refractivity contribution in [2.24, 2.45) is 5.92 Å². The van der Waals surface area contributed by atoms with Crippen LogP contribution in [-0.2, 0) is 9.59 Å². The van der Waals surface area contributed by atoms with Gasteiger partial charge < -0.3 is 20.0 Å². The molecule has 26 heavy (non-hydrogen) atoms. The van der Waals surface area contributed by atoms with Crippen LogP contribution in [0.3, 0.4) is 0 Å². The quantitative estimate of drug-likeness (QED) is 0.834. The molecule has 2 amide bonds. The van der Waals surface area contributed by atoms with Crippen LogP contribution < -0.4 is 15.1 Å². The Labute approximate surface area is 153 Å². The van der Waals surface area contributed by atoms with E-state index in [9.17, 15) is 9.59 Å². The van der Waals surface area contributed by atoms with Gasteiger partial charge in [0.15, 0.2) is 0 Å². The minimum absolute atomic E-state index is 0.0523. The molecule has 3 aliphatic rings. The number of carbonyl (C=O) groups excluding carboxylic acids is 2. The molecule has 0 spiro atoms. The van der Waals surface area contributed by atoms with Crippen LogP contribution in [0.25, 0.3) is 0 Å². The zero-order valence-corrected chi connectivity index (χ0v) is 15.1. The molecular weight excluding hydrogens is 332 g/mol. The predicted molar refractivity (Wildman–Crippen MR) is 98.0 cm³/mol. The van der Waals surface area contributed by atoms with E-state index in [-0.39, 0.29) is 17.7 Å². The van der Waals surface area contributed by atoms with Crippen molar-refractivity contribution in [3.05, 3.63) is 12.4 Å². The third-order valence-electron chi connectivity index (χ3n) is 5.60. The van der Waals surface area contributed by atoms with Crippen LogP contribution in [-0.4, -0.2) is 72.5 Å². The Morgan fingerprint density at radius 1 is 1.00 bits per heavy atom. The van der Waals surface area contributed by atoms with Gasteiger partial charge >= 0.3 is 0 Å². The lowest BCUT2D eigenvalue weighted by atomic mass is 9.97. The second kappa shape index (κ2) is 7.47. The van der Waals surface area contributed by atoms with Gasteiger partial charge in [0.25, 0.3) is 0 Å². The van der Waals surface area contributed by atoms with Gasteiger partial charge in [0.05, 0.1) is 5.92 Å². The molecule has 3 fully saturated rings. The van der Waals surface area contributed by atoms with Gasteiger partial charge in [0.1, 0.15) is 18.0 Å². The summed E-state index contributed by atoms with van der Waals surface area (Å²) >= 11 is 0. The van der Waals surface area contributed by atoms with Gasteiger partial charge in [-0.15, -0.1) is 0 Å². The normalized spacial score (nSPS) is 23.9. The second-order valence-corrected chi connectivity index (χ2v) is 7.28. The molecule has 0 bridgehead atoms. The fraction of sp³-hybridized carbons (Fsp3) is 0.667. The number of amides is 2. The summed E-state index contributed by atoms with van der Waals surface area (Å²) in [4.78, 5) is 39.3. The fourth-order valence-electron chi connectivity index (χ4n) is 3.99. The smallest absolute Gasteiger partial charge is 0.227 e. The Morgan fingerprint density at radius 2 is 1.65 bits per heavy atom. The number of anilines is 2. The Bertz CT molecular complexity index is 657. The van der Waals surface area contributed by atoms with E-state index in [4.69, 9.17) is 0 Å². The van der Waals surface area contributed by atoms with Crippen molar-refractivity contribution in [2.45, 2.75) is 25.7 Å². The van der Waals surface area contributed by atoms with Crippen LogP contribution in [0.2, 0.25) is 0 Å². The van der Waals surface area contributed by atoms with Crippen molar-refractivity contribution in [3.8, 4) is 0 Å². The molecule has 1 atom stereocenters. The average molecular weight is 358 g/mol. The molecule has 8 nitrogen and oxygen atoms in total. The van der Waals surface area contributed by atoms with Gasteiger partial charge in [0.2, 0.25) is 11.8 Å². The number of nitrogens with zero attached hydrogens (tertiary/aromatic N) is 5. The third kappa shape index (κ3) is 3.59. The van der Waals surface area contributed by atoms with Gasteiger partial charge in [0, 0.05) is 58.3 Å². The van der Waals surface area contributed by atoms with E-state index in [1.807, 2.05) is 4.90 Å². The molecule has 0 radical (unpaired) electrons. The third-order valence-corrected chi connectivity index (χ3v) is 5.60. The van der Waals surface area contributed by atoms with Crippen molar-refractivity contribution in [1.29, 1.82) is 0 Å². The summed E-state index contributed by atoms with van der Waals surface area (Å²) < 4.78 is 0. The Kier molecular flexibility index (Phi) is 4.90. The number of rotatable bonds is 3. The highest BCUT2D eigenvalue weighted by Crippen LogP contribution is 2.23. The summed E-state index contributed by atoms with van der Waals surface area (Å²) in [5.41, 5.74) is 0. The summed E-state index contributed by atoms with van der Waals surface area (Å²) in [7, 11) is 0. The number of aromatic nitrogens is 2. The molecule has 3 saturated heterocycles. The number of nitrogens with one attached hydrogen (secondary N) is 1.